The molecule has 6 heteroatoms. The molecule has 0 amide bonds. The third kappa shape index (κ3) is 4.54. The summed E-state index contributed by atoms with van der Waals surface area (Å²) in [6.45, 7) is 11.9. The van der Waals surface area contributed by atoms with Crippen LogP contribution in [-0.2, 0) is 5.41 Å². The van der Waals surface area contributed by atoms with Gasteiger partial charge in [0.15, 0.2) is 0 Å². The lowest BCUT2D eigenvalue weighted by molar-refractivity contribution is 0.280. The van der Waals surface area contributed by atoms with Gasteiger partial charge in [-0.1, -0.05) is 20.8 Å². The van der Waals surface area contributed by atoms with E-state index in [2.05, 4.69) is 36.1 Å². The minimum Gasteiger partial charge on any atom is -0.395 e. The molecular weight excluding hydrogens is 268 g/mol. The van der Waals surface area contributed by atoms with Crippen molar-refractivity contribution in [3.63, 3.8) is 0 Å². The Balaban J connectivity index is 3.36. The first-order valence-corrected chi connectivity index (χ1v) is 7.44. The molecule has 0 bridgehead atoms. The zero-order valence-corrected chi connectivity index (χ0v) is 13.8. The zero-order chi connectivity index (χ0) is 16.0. The van der Waals surface area contributed by atoms with Crippen molar-refractivity contribution in [2.24, 2.45) is 0 Å². The summed E-state index contributed by atoms with van der Waals surface area (Å²) in [6.07, 6.45) is 0. The first-order chi connectivity index (χ1) is 9.85. The highest BCUT2D eigenvalue weighted by Gasteiger charge is 2.23. The molecule has 0 spiro atoms. The van der Waals surface area contributed by atoms with Crippen LogP contribution in [0, 0.1) is 6.92 Å². The maximum absolute atomic E-state index is 9.24. The maximum atomic E-state index is 9.24. The number of aliphatic hydroxyl groups excluding tert-OH is 2. The molecule has 120 valence electrons. The maximum Gasteiger partial charge on any atom is 0.138 e. The third-order valence-corrected chi connectivity index (χ3v) is 3.17. The van der Waals surface area contributed by atoms with Gasteiger partial charge in [-0.3, -0.25) is 0 Å². The molecule has 0 aliphatic carbocycles. The number of anilines is 2. The van der Waals surface area contributed by atoms with Crippen LogP contribution in [0.4, 0.5) is 11.6 Å². The van der Waals surface area contributed by atoms with E-state index < -0.39 is 0 Å². The van der Waals surface area contributed by atoms with Crippen molar-refractivity contribution >= 4 is 11.6 Å². The predicted octanol–water partition coefficient (Wildman–Crippen LogP) is 1.31. The summed E-state index contributed by atoms with van der Waals surface area (Å²) >= 11 is 0. The lowest BCUT2D eigenvalue weighted by Gasteiger charge is -2.27. The summed E-state index contributed by atoms with van der Waals surface area (Å²) in [5.74, 6) is 2.34. The van der Waals surface area contributed by atoms with E-state index in [1.54, 1.807) is 0 Å². The quantitative estimate of drug-likeness (QED) is 0.704. The van der Waals surface area contributed by atoms with Crippen molar-refractivity contribution in [1.29, 1.82) is 0 Å². The Bertz CT molecular complexity index is 452. The molecule has 0 saturated carbocycles. The van der Waals surface area contributed by atoms with Crippen LogP contribution in [0.2, 0.25) is 0 Å². The normalized spacial score (nSPS) is 11.6. The highest BCUT2D eigenvalue weighted by Crippen LogP contribution is 2.28. The number of aromatic nitrogens is 2. The number of nitrogens with zero attached hydrogens (tertiary/aromatic N) is 3. The van der Waals surface area contributed by atoms with Gasteiger partial charge in [-0.15, -0.1) is 0 Å². The van der Waals surface area contributed by atoms with Crippen LogP contribution >= 0.6 is 0 Å². The van der Waals surface area contributed by atoms with Gasteiger partial charge in [0, 0.05) is 30.6 Å². The van der Waals surface area contributed by atoms with Gasteiger partial charge in [-0.25, -0.2) is 9.97 Å². The topological polar surface area (TPSA) is 81.5 Å². The van der Waals surface area contributed by atoms with E-state index in [4.69, 9.17) is 0 Å². The molecule has 1 aromatic rings. The van der Waals surface area contributed by atoms with Crippen LogP contribution in [0.25, 0.3) is 0 Å². The molecule has 1 aromatic heterocycles. The van der Waals surface area contributed by atoms with Gasteiger partial charge in [0.2, 0.25) is 0 Å². The van der Waals surface area contributed by atoms with Crippen LogP contribution in [-0.4, -0.2) is 53.0 Å². The van der Waals surface area contributed by atoms with Crippen LogP contribution in [0.1, 0.15) is 39.1 Å². The van der Waals surface area contributed by atoms with E-state index in [0.29, 0.717) is 13.1 Å². The van der Waals surface area contributed by atoms with Crippen LogP contribution < -0.4 is 10.2 Å². The van der Waals surface area contributed by atoms with E-state index in [1.165, 1.54) is 0 Å². The number of hydrogen-bond donors (Lipinski definition) is 3. The van der Waals surface area contributed by atoms with Crippen LogP contribution in [0.3, 0.4) is 0 Å². The van der Waals surface area contributed by atoms with Crippen molar-refractivity contribution in [3.05, 3.63) is 11.4 Å². The molecule has 3 N–H and O–H groups in total. The van der Waals surface area contributed by atoms with Gasteiger partial charge >= 0.3 is 0 Å². The van der Waals surface area contributed by atoms with Gasteiger partial charge in [0.05, 0.1) is 13.2 Å². The monoisotopic (exact) mass is 296 g/mol. The number of nitrogens with one attached hydrogen (secondary N) is 1. The molecule has 0 fully saturated rings. The van der Waals surface area contributed by atoms with Gasteiger partial charge in [0.1, 0.15) is 17.5 Å². The fourth-order valence-corrected chi connectivity index (χ4v) is 2.05. The molecule has 0 radical (unpaired) electrons. The van der Waals surface area contributed by atoms with Crippen LogP contribution in [0.15, 0.2) is 0 Å². The van der Waals surface area contributed by atoms with Gasteiger partial charge < -0.3 is 20.4 Å². The smallest absolute Gasteiger partial charge is 0.138 e. The summed E-state index contributed by atoms with van der Waals surface area (Å²) < 4.78 is 0. The second-order valence-electron chi connectivity index (χ2n) is 6.06. The lowest BCUT2D eigenvalue weighted by Crippen LogP contribution is -2.32. The molecule has 6 nitrogen and oxygen atoms in total. The molecule has 0 saturated heterocycles. The first kappa shape index (κ1) is 17.7. The first-order valence-electron chi connectivity index (χ1n) is 7.44. The summed E-state index contributed by atoms with van der Waals surface area (Å²) in [5.41, 5.74) is 0.767. The summed E-state index contributed by atoms with van der Waals surface area (Å²) in [7, 11) is 0. The minimum absolute atomic E-state index is 0.0187. The van der Waals surface area contributed by atoms with Crippen LogP contribution in [0.5, 0.6) is 0 Å². The predicted molar refractivity (Wildman–Crippen MR) is 86.0 cm³/mol. The largest absolute Gasteiger partial charge is 0.395 e. The highest BCUT2D eigenvalue weighted by atomic mass is 16.3. The summed E-state index contributed by atoms with van der Waals surface area (Å²) in [5, 5.41) is 21.7. The Hall–Kier alpha value is -1.40. The Morgan fingerprint density at radius 2 is 1.67 bits per heavy atom. The van der Waals surface area contributed by atoms with Crippen molar-refractivity contribution in [2.75, 3.05) is 43.1 Å². The Morgan fingerprint density at radius 3 is 2.10 bits per heavy atom. The molecule has 0 atom stereocenters. The SMILES string of the molecule is CCNc1nc(C(C)(C)C)nc(N(CCO)CCO)c1C. The van der Waals surface area contributed by atoms with Crippen molar-refractivity contribution < 1.29 is 10.2 Å². The average molecular weight is 296 g/mol. The standard InChI is InChI=1S/C15H28N4O2/c1-6-16-12-11(2)13(19(7-9-20)8-10-21)18-14(17-12)15(3,4)5/h20-21H,6-10H2,1-5H3,(H,16,17,18). The molecule has 0 aliphatic rings. The molecule has 21 heavy (non-hydrogen) atoms. The molecule has 0 unspecified atom stereocenters. The fourth-order valence-electron chi connectivity index (χ4n) is 2.05. The fraction of sp³-hybridized carbons (Fsp3) is 0.733. The zero-order valence-electron chi connectivity index (χ0n) is 13.8. The summed E-state index contributed by atoms with van der Waals surface area (Å²) in [4.78, 5) is 11.2. The van der Waals surface area contributed by atoms with E-state index >= 15 is 0 Å². The lowest BCUT2D eigenvalue weighted by atomic mass is 9.95. The Morgan fingerprint density at radius 1 is 1.10 bits per heavy atom. The average Bonchev–Trinajstić information content (AvgIpc) is 2.40. The number of hydrogen-bond acceptors (Lipinski definition) is 6. The van der Waals surface area contributed by atoms with E-state index in [1.807, 2.05) is 18.7 Å². The van der Waals surface area contributed by atoms with Gasteiger partial charge in [-0.05, 0) is 13.8 Å². The summed E-state index contributed by atoms with van der Waals surface area (Å²) in [6, 6.07) is 0. The van der Waals surface area contributed by atoms with E-state index in [0.717, 1.165) is 29.6 Å². The molecular formula is C15H28N4O2. The van der Waals surface area contributed by atoms with Crippen molar-refractivity contribution in [3.8, 4) is 0 Å². The number of rotatable bonds is 7. The minimum atomic E-state index is -0.170. The highest BCUT2D eigenvalue weighted by molar-refractivity contribution is 5.59. The molecule has 1 heterocycles. The molecule has 1 rings (SSSR count). The third-order valence-electron chi connectivity index (χ3n) is 3.17. The second-order valence-corrected chi connectivity index (χ2v) is 6.06. The molecule has 0 aromatic carbocycles. The van der Waals surface area contributed by atoms with E-state index in [9.17, 15) is 10.2 Å². The van der Waals surface area contributed by atoms with Crippen molar-refractivity contribution in [1.82, 2.24) is 9.97 Å². The second kappa shape index (κ2) is 7.56. The van der Waals surface area contributed by atoms with Crippen molar-refractivity contribution in [2.45, 2.75) is 40.0 Å². The molecule has 0 aliphatic heterocycles. The Labute approximate surface area is 127 Å². The van der Waals surface area contributed by atoms with E-state index in [-0.39, 0.29) is 18.6 Å². The number of aliphatic hydroxyl groups is 2. The van der Waals surface area contributed by atoms with Gasteiger partial charge in [0.25, 0.3) is 0 Å². The Kier molecular flexibility index (Phi) is 6.36. The van der Waals surface area contributed by atoms with Gasteiger partial charge in [-0.2, -0.15) is 0 Å².